The highest BCUT2D eigenvalue weighted by Gasteiger charge is 2.38. The zero-order valence-corrected chi connectivity index (χ0v) is 16.8. The van der Waals surface area contributed by atoms with E-state index in [1.54, 1.807) is 12.1 Å². The molecule has 1 fully saturated rings. The SMILES string of the molecule is O=C(c1ccc2c(c1)[C@@H]1C=CC[C@@H]1[C@@H](c1ccc([N+](=O)[O-])cc1)N2)N1CCCCC1. The lowest BCUT2D eigenvalue weighted by Crippen LogP contribution is -2.36. The number of allylic oxidation sites excluding steroid dienone is 2. The Hall–Kier alpha value is -3.15. The molecule has 0 radical (unpaired) electrons. The lowest BCUT2D eigenvalue weighted by atomic mass is 9.76. The fourth-order valence-corrected chi connectivity index (χ4v) is 5.14. The summed E-state index contributed by atoms with van der Waals surface area (Å²) < 4.78 is 0. The zero-order chi connectivity index (χ0) is 20.7. The summed E-state index contributed by atoms with van der Waals surface area (Å²) in [6.45, 7) is 1.70. The van der Waals surface area contributed by atoms with Gasteiger partial charge in [-0.2, -0.15) is 0 Å². The summed E-state index contributed by atoms with van der Waals surface area (Å²) in [5, 5.41) is 14.6. The van der Waals surface area contributed by atoms with Crippen LogP contribution in [0.5, 0.6) is 0 Å². The molecule has 2 aromatic carbocycles. The van der Waals surface area contributed by atoms with Crippen molar-refractivity contribution in [2.75, 3.05) is 18.4 Å². The molecule has 30 heavy (non-hydrogen) atoms. The van der Waals surface area contributed by atoms with Gasteiger partial charge in [-0.15, -0.1) is 0 Å². The number of non-ortho nitro benzene ring substituents is 1. The molecule has 0 aromatic heterocycles. The number of likely N-dealkylation sites (tertiary alicyclic amines) is 1. The van der Waals surface area contributed by atoms with Crippen LogP contribution in [0, 0.1) is 16.0 Å². The van der Waals surface area contributed by atoms with Crippen molar-refractivity contribution in [3.05, 3.63) is 81.4 Å². The third kappa shape index (κ3) is 3.26. The van der Waals surface area contributed by atoms with Gasteiger partial charge in [-0.3, -0.25) is 14.9 Å². The van der Waals surface area contributed by atoms with E-state index in [1.807, 2.05) is 29.2 Å². The Morgan fingerprint density at radius 2 is 1.83 bits per heavy atom. The van der Waals surface area contributed by atoms with E-state index in [1.165, 1.54) is 12.0 Å². The van der Waals surface area contributed by atoms with Crippen LogP contribution < -0.4 is 5.32 Å². The van der Waals surface area contributed by atoms with Crippen molar-refractivity contribution in [1.29, 1.82) is 0 Å². The second-order valence-corrected chi connectivity index (χ2v) is 8.48. The second-order valence-electron chi connectivity index (χ2n) is 8.48. The van der Waals surface area contributed by atoms with E-state index in [2.05, 4.69) is 23.5 Å². The number of hydrogen-bond acceptors (Lipinski definition) is 4. The molecule has 2 aromatic rings. The smallest absolute Gasteiger partial charge is 0.269 e. The normalized spacial score (nSPS) is 24.7. The minimum atomic E-state index is -0.367. The van der Waals surface area contributed by atoms with E-state index in [0.717, 1.165) is 49.2 Å². The monoisotopic (exact) mass is 403 g/mol. The van der Waals surface area contributed by atoms with Gasteiger partial charge in [0.05, 0.1) is 11.0 Å². The molecule has 1 N–H and O–H groups in total. The molecule has 2 heterocycles. The van der Waals surface area contributed by atoms with Crippen LogP contribution in [0.3, 0.4) is 0 Å². The quantitative estimate of drug-likeness (QED) is 0.442. The predicted octanol–water partition coefficient (Wildman–Crippen LogP) is 5.05. The first-order valence-corrected chi connectivity index (χ1v) is 10.7. The van der Waals surface area contributed by atoms with Crippen LogP contribution >= 0.6 is 0 Å². The van der Waals surface area contributed by atoms with Crippen molar-refractivity contribution in [2.45, 2.75) is 37.6 Å². The number of anilines is 1. The molecule has 0 spiro atoms. The summed E-state index contributed by atoms with van der Waals surface area (Å²) in [5.74, 6) is 0.711. The molecule has 1 saturated heterocycles. The topological polar surface area (TPSA) is 75.5 Å². The first-order chi connectivity index (χ1) is 14.6. The summed E-state index contributed by atoms with van der Waals surface area (Å²) in [6, 6.07) is 13.0. The molecule has 0 saturated carbocycles. The number of nitro benzene ring substituents is 1. The van der Waals surface area contributed by atoms with E-state index in [9.17, 15) is 14.9 Å². The van der Waals surface area contributed by atoms with Gasteiger partial charge >= 0.3 is 0 Å². The lowest BCUT2D eigenvalue weighted by molar-refractivity contribution is -0.384. The molecule has 154 valence electrons. The van der Waals surface area contributed by atoms with Crippen molar-refractivity contribution in [1.82, 2.24) is 4.90 Å². The standard InChI is InChI=1S/C24H25N3O3/c28-24(26-13-2-1-3-14-26)17-9-12-22-21(15-17)19-5-4-6-20(19)23(25-22)16-7-10-18(11-8-16)27(29)30/h4-5,7-12,15,19-20,23,25H,1-3,6,13-14H2/t19-,20+,23-/m1/s1. The number of carbonyl (C=O) groups is 1. The molecule has 0 bridgehead atoms. The highest BCUT2D eigenvalue weighted by Crippen LogP contribution is 2.50. The third-order valence-electron chi connectivity index (χ3n) is 6.72. The number of nitrogens with one attached hydrogen (secondary N) is 1. The molecule has 3 aliphatic rings. The Labute approximate surface area is 175 Å². The number of rotatable bonds is 3. The number of amides is 1. The van der Waals surface area contributed by atoms with Gasteiger partial charge in [0.15, 0.2) is 0 Å². The van der Waals surface area contributed by atoms with Gasteiger partial charge in [-0.05, 0) is 60.9 Å². The number of nitrogens with zero attached hydrogens (tertiary/aromatic N) is 2. The lowest BCUT2D eigenvalue weighted by Gasteiger charge is -2.38. The maximum absolute atomic E-state index is 13.0. The third-order valence-corrected chi connectivity index (χ3v) is 6.72. The molecule has 3 atom stereocenters. The molecule has 1 aliphatic carbocycles. The number of piperidine rings is 1. The maximum atomic E-state index is 13.0. The van der Waals surface area contributed by atoms with Crippen molar-refractivity contribution in [3.8, 4) is 0 Å². The number of benzene rings is 2. The van der Waals surface area contributed by atoms with Crippen LogP contribution in [0.15, 0.2) is 54.6 Å². The van der Waals surface area contributed by atoms with Gasteiger partial charge in [0, 0.05) is 42.4 Å². The number of hydrogen-bond donors (Lipinski definition) is 1. The van der Waals surface area contributed by atoms with Crippen molar-refractivity contribution >= 4 is 17.3 Å². The summed E-state index contributed by atoms with van der Waals surface area (Å²) in [7, 11) is 0. The van der Waals surface area contributed by atoms with Gasteiger partial charge < -0.3 is 10.2 Å². The fraction of sp³-hybridized carbons (Fsp3) is 0.375. The molecule has 2 aliphatic heterocycles. The van der Waals surface area contributed by atoms with E-state index in [-0.39, 0.29) is 28.5 Å². The highest BCUT2D eigenvalue weighted by atomic mass is 16.6. The van der Waals surface area contributed by atoms with Crippen LogP contribution in [0.1, 0.15) is 59.1 Å². The zero-order valence-electron chi connectivity index (χ0n) is 16.8. The first kappa shape index (κ1) is 18.9. The van der Waals surface area contributed by atoms with Crippen LogP contribution in [-0.4, -0.2) is 28.8 Å². The Kier molecular flexibility index (Phi) is 4.77. The van der Waals surface area contributed by atoms with Crippen molar-refractivity contribution < 1.29 is 9.72 Å². The van der Waals surface area contributed by atoms with E-state index in [4.69, 9.17) is 0 Å². The maximum Gasteiger partial charge on any atom is 0.269 e. The van der Waals surface area contributed by atoms with E-state index < -0.39 is 0 Å². The molecule has 5 rings (SSSR count). The Balaban J connectivity index is 1.44. The van der Waals surface area contributed by atoms with Crippen LogP contribution in [0.2, 0.25) is 0 Å². The molecule has 1 amide bonds. The predicted molar refractivity (Wildman–Crippen MR) is 116 cm³/mol. The van der Waals surface area contributed by atoms with Crippen LogP contribution in [0.25, 0.3) is 0 Å². The van der Waals surface area contributed by atoms with Gasteiger partial charge in [0.2, 0.25) is 0 Å². The first-order valence-electron chi connectivity index (χ1n) is 10.7. The average molecular weight is 403 g/mol. The Bertz CT molecular complexity index is 1010. The highest BCUT2D eigenvalue weighted by molar-refractivity contribution is 5.95. The van der Waals surface area contributed by atoms with E-state index >= 15 is 0 Å². The Morgan fingerprint density at radius 3 is 2.57 bits per heavy atom. The van der Waals surface area contributed by atoms with Gasteiger partial charge in [0.25, 0.3) is 11.6 Å². The summed E-state index contributed by atoms with van der Waals surface area (Å²) >= 11 is 0. The molecular weight excluding hydrogens is 378 g/mol. The number of fused-ring (bicyclic) bond motifs is 3. The fourth-order valence-electron chi connectivity index (χ4n) is 5.14. The minimum absolute atomic E-state index is 0.0851. The van der Waals surface area contributed by atoms with Gasteiger partial charge in [0.1, 0.15) is 0 Å². The second kappa shape index (κ2) is 7.59. The van der Waals surface area contributed by atoms with Crippen molar-refractivity contribution in [2.24, 2.45) is 5.92 Å². The summed E-state index contributed by atoms with van der Waals surface area (Å²) in [5.41, 5.74) is 4.15. The van der Waals surface area contributed by atoms with Crippen molar-refractivity contribution in [3.63, 3.8) is 0 Å². The largest absolute Gasteiger partial charge is 0.378 e. The Morgan fingerprint density at radius 1 is 1.07 bits per heavy atom. The molecule has 0 unspecified atom stereocenters. The van der Waals surface area contributed by atoms with Gasteiger partial charge in [-0.25, -0.2) is 0 Å². The minimum Gasteiger partial charge on any atom is -0.378 e. The van der Waals surface area contributed by atoms with Gasteiger partial charge in [-0.1, -0.05) is 24.3 Å². The number of nitro groups is 1. The number of carbonyl (C=O) groups excluding carboxylic acids is 1. The molecule has 6 heteroatoms. The summed E-state index contributed by atoms with van der Waals surface area (Å²) in [6.07, 6.45) is 8.78. The summed E-state index contributed by atoms with van der Waals surface area (Å²) in [4.78, 5) is 25.6. The van der Waals surface area contributed by atoms with Crippen LogP contribution in [-0.2, 0) is 0 Å². The van der Waals surface area contributed by atoms with Crippen LogP contribution in [0.4, 0.5) is 11.4 Å². The molecular formula is C24H25N3O3. The average Bonchev–Trinajstić information content (AvgIpc) is 3.29. The molecule has 6 nitrogen and oxygen atoms in total. The van der Waals surface area contributed by atoms with E-state index in [0.29, 0.717) is 5.92 Å².